The Kier molecular flexibility index (Phi) is 2.23. The van der Waals surface area contributed by atoms with Gasteiger partial charge in [-0.2, -0.15) is 0 Å². The van der Waals surface area contributed by atoms with E-state index in [1.54, 1.807) is 6.92 Å². The number of rotatable bonds is 3. The van der Waals surface area contributed by atoms with Gasteiger partial charge in [0.05, 0.1) is 12.1 Å². The van der Waals surface area contributed by atoms with Gasteiger partial charge >= 0.3 is 5.97 Å². The van der Waals surface area contributed by atoms with Crippen LogP contribution in [0.4, 0.5) is 0 Å². The van der Waals surface area contributed by atoms with Crippen LogP contribution in [0.25, 0.3) is 0 Å². The average Bonchev–Trinajstić information content (AvgIpc) is 2.35. The fourth-order valence-corrected chi connectivity index (χ4v) is 0.733. The second-order valence-electron chi connectivity index (χ2n) is 2.34. The number of carbonyl (C=O) groups excluding carboxylic acids is 1. The molecule has 0 radical (unpaired) electrons. The third-order valence-electron chi connectivity index (χ3n) is 1.25. The van der Waals surface area contributed by atoms with E-state index in [2.05, 4.69) is 9.68 Å². The Labute approximate surface area is 68.0 Å². The summed E-state index contributed by atoms with van der Waals surface area (Å²) in [5.74, 6) is -2.07. The van der Waals surface area contributed by atoms with Crippen LogP contribution < -0.4 is 0 Å². The number of aromatic nitrogens is 1. The fourth-order valence-electron chi connectivity index (χ4n) is 0.733. The summed E-state index contributed by atoms with van der Waals surface area (Å²) in [6.45, 7) is 1.69. The summed E-state index contributed by atoms with van der Waals surface area (Å²) in [6, 6.07) is 1.53. The second-order valence-corrected chi connectivity index (χ2v) is 2.34. The third kappa shape index (κ3) is 1.91. The highest BCUT2D eigenvalue weighted by Crippen LogP contribution is 2.03. The average molecular weight is 169 g/mol. The van der Waals surface area contributed by atoms with E-state index in [1.807, 2.05) is 0 Å². The zero-order valence-electron chi connectivity index (χ0n) is 6.40. The normalized spacial score (nSPS) is 9.75. The van der Waals surface area contributed by atoms with Crippen molar-refractivity contribution in [3.05, 3.63) is 17.5 Å². The smallest absolute Gasteiger partial charge is 0.372 e. The van der Waals surface area contributed by atoms with Crippen LogP contribution in [0.2, 0.25) is 0 Å². The first-order chi connectivity index (χ1) is 5.59. The van der Waals surface area contributed by atoms with Crippen molar-refractivity contribution in [3.63, 3.8) is 0 Å². The van der Waals surface area contributed by atoms with Crippen molar-refractivity contribution < 1.29 is 19.2 Å². The molecule has 1 rings (SSSR count). The van der Waals surface area contributed by atoms with E-state index in [4.69, 9.17) is 5.11 Å². The van der Waals surface area contributed by atoms with Gasteiger partial charge in [0.15, 0.2) is 0 Å². The minimum atomic E-state index is -1.45. The molecule has 12 heavy (non-hydrogen) atoms. The van der Waals surface area contributed by atoms with E-state index in [0.717, 1.165) is 0 Å². The molecule has 5 heteroatoms. The quantitative estimate of drug-likeness (QED) is 0.652. The molecule has 0 aromatic carbocycles. The Hall–Kier alpha value is -1.65. The molecule has 0 amide bonds. The number of ketones is 1. The van der Waals surface area contributed by atoms with E-state index in [1.165, 1.54) is 6.07 Å². The number of carboxylic acids is 1. The molecule has 0 spiro atoms. The Morgan fingerprint density at radius 2 is 2.33 bits per heavy atom. The predicted octanol–water partition coefficient (Wildman–Crippen LogP) is 0.179. The first-order valence-electron chi connectivity index (χ1n) is 3.28. The van der Waals surface area contributed by atoms with Gasteiger partial charge in [0.2, 0.25) is 5.78 Å². The van der Waals surface area contributed by atoms with Gasteiger partial charge in [-0.3, -0.25) is 4.79 Å². The van der Waals surface area contributed by atoms with E-state index in [-0.39, 0.29) is 12.2 Å². The van der Waals surface area contributed by atoms with Crippen molar-refractivity contribution in [3.8, 4) is 0 Å². The Morgan fingerprint density at radius 3 is 2.75 bits per heavy atom. The van der Waals surface area contributed by atoms with Crippen LogP contribution >= 0.6 is 0 Å². The van der Waals surface area contributed by atoms with Gasteiger partial charge in [0.25, 0.3) is 0 Å². The number of nitrogens with zero attached hydrogens (tertiary/aromatic N) is 1. The minimum Gasteiger partial charge on any atom is -0.475 e. The summed E-state index contributed by atoms with van der Waals surface area (Å²) in [5, 5.41) is 11.7. The molecule has 5 nitrogen and oxygen atoms in total. The zero-order valence-corrected chi connectivity index (χ0v) is 6.40. The van der Waals surface area contributed by atoms with Crippen molar-refractivity contribution in [1.29, 1.82) is 0 Å². The molecule has 1 heterocycles. The SMILES string of the molecule is Cc1cc(CC(=O)C(=O)O)on1. The molecule has 0 bridgehead atoms. The number of hydrogen-bond acceptors (Lipinski definition) is 4. The van der Waals surface area contributed by atoms with Crippen molar-refractivity contribution in [2.24, 2.45) is 0 Å². The van der Waals surface area contributed by atoms with Crippen LogP contribution in [0.5, 0.6) is 0 Å². The monoisotopic (exact) mass is 169 g/mol. The van der Waals surface area contributed by atoms with E-state index >= 15 is 0 Å². The number of aliphatic carboxylic acids is 1. The van der Waals surface area contributed by atoms with Crippen LogP contribution in [0.3, 0.4) is 0 Å². The zero-order chi connectivity index (χ0) is 9.14. The molecule has 0 aliphatic carbocycles. The lowest BCUT2D eigenvalue weighted by molar-refractivity contribution is -0.148. The second kappa shape index (κ2) is 3.17. The lowest BCUT2D eigenvalue weighted by atomic mass is 10.2. The maximum atomic E-state index is 10.6. The summed E-state index contributed by atoms with van der Waals surface area (Å²) in [4.78, 5) is 20.7. The van der Waals surface area contributed by atoms with E-state index in [9.17, 15) is 9.59 Å². The molecule has 0 aliphatic heterocycles. The topological polar surface area (TPSA) is 80.4 Å². The van der Waals surface area contributed by atoms with Gasteiger partial charge < -0.3 is 9.63 Å². The van der Waals surface area contributed by atoms with Gasteiger partial charge in [-0.05, 0) is 6.92 Å². The molecule has 0 aliphatic rings. The van der Waals surface area contributed by atoms with Crippen LogP contribution in [0.1, 0.15) is 11.5 Å². The third-order valence-corrected chi connectivity index (χ3v) is 1.25. The summed E-state index contributed by atoms with van der Waals surface area (Å²) in [5.41, 5.74) is 0.628. The minimum absolute atomic E-state index is 0.240. The molecule has 0 saturated heterocycles. The largest absolute Gasteiger partial charge is 0.475 e. The Balaban J connectivity index is 2.64. The maximum Gasteiger partial charge on any atom is 0.372 e. The lowest BCUT2D eigenvalue weighted by Gasteiger charge is -1.87. The number of carbonyl (C=O) groups is 2. The molecular weight excluding hydrogens is 162 g/mol. The Bertz CT molecular complexity index is 315. The first-order valence-corrected chi connectivity index (χ1v) is 3.28. The number of Topliss-reactive ketones (excluding diaryl/α,β-unsaturated/α-hetero) is 1. The van der Waals surface area contributed by atoms with Gasteiger partial charge in [-0.15, -0.1) is 0 Å². The van der Waals surface area contributed by atoms with Gasteiger partial charge in [-0.25, -0.2) is 4.79 Å². The standard InChI is InChI=1S/C7H7NO4/c1-4-2-5(12-8-4)3-6(9)7(10)11/h2H,3H2,1H3,(H,10,11). The number of aryl methyl sites for hydroxylation is 1. The molecule has 1 N–H and O–H groups in total. The highest BCUT2D eigenvalue weighted by Gasteiger charge is 2.14. The van der Waals surface area contributed by atoms with Crippen LogP contribution in [0, 0.1) is 6.92 Å². The summed E-state index contributed by atoms with van der Waals surface area (Å²) in [7, 11) is 0. The van der Waals surface area contributed by atoms with E-state index in [0.29, 0.717) is 5.69 Å². The molecule has 0 saturated carbocycles. The van der Waals surface area contributed by atoms with Crippen LogP contribution in [-0.4, -0.2) is 22.0 Å². The molecule has 0 atom stereocenters. The fraction of sp³-hybridized carbons (Fsp3) is 0.286. The van der Waals surface area contributed by atoms with Crippen LogP contribution in [-0.2, 0) is 16.0 Å². The van der Waals surface area contributed by atoms with Gasteiger partial charge in [-0.1, -0.05) is 5.16 Å². The molecule has 0 unspecified atom stereocenters. The van der Waals surface area contributed by atoms with Gasteiger partial charge in [0.1, 0.15) is 5.76 Å². The highest BCUT2D eigenvalue weighted by molar-refractivity contribution is 6.33. The summed E-state index contributed by atoms with van der Waals surface area (Å²) < 4.78 is 4.65. The highest BCUT2D eigenvalue weighted by atomic mass is 16.5. The summed E-state index contributed by atoms with van der Waals surface area (Å²) in [6.07, 6.45) is -0.240. The molecule has 0 fully saturated rings. The lowest BCUT2D eigenvalue weighted by Crippen LogP contribution is -2.14. The van der Waals surface area contributed by atoms with Gasteiger partial charge in [0, 0.05) is 6.07 Å². The molecular formula is C7H7NO4. The van der Waals surface area contributed by atoms with Crippen molar-refractivity contribution in [2.75, 3.05) is 0 Å². The predicted molar refractivity (Wildman–Crippen MR) is 37.6 cm³/mol. The van der Waals surface area contributed by atoms with Crippen molar-refractivity contribution >= 4 is 11.8 Å². The first kappa shape index (κ1) is 8.45. The number of hydrogen-bond donors (Lipinski definition) is 1. The number of carboxylic acid groups (broad SMARTS) is 1. The van der Waals surface area contributed by atoms with E-state index < -0.39 is 11.8 Å². The molecule has 1 aromatic rings. The maximum absolute atomic E-state index is 10.6. The Morgan fingerprint density at radius 1 is 1.67 bits per heavy atom. The molecule has 64 valence electrons. The van der Waals surface area contributed by atoms with Crippen LogP contribution in [0.15, 0.2) is 10.6 Å². The summed E-state index contributed by atoms with van der Waals surface area (Å²) >= 11 is 0. The molecule has 1 aromatic heterocycles. The van der Waals surface area contributed by atoms with Crippen molar-refractivity contribution in [2.45, 2.75) is 13.3 Å². The van der Waals surface area contributed by atoms with Crippen molar-refractivity contribution in [1.82, 2.24) is 5.16 Å².